The highest BCUT2D eigenvalue weighted by molar-refractivity contribution is 6.00. The lowest BCUT2D eigenvalue weighted by Crippen LogP contribution is -2.46. The number of hydrogen-bond donors (Lipinski definition) is 2. The van der Waals surface area contributed by atoms with E-state index < -0.39 is 5.97 Å². The number of H-pyrrole nitrogens is 1. The van der Waals surface area contributed by atoms with Gasteiger partial charge >= 0.3 is 5.97 Å². The summed E-state index contributed by atoms with van der Waals surface area (Å²) in [4.78, 5) is 33.1. The minimum Gasteiger partial charge on any atom is -0.462 e. The van der Waals surface area contributed by atoms with E-state index in [0.29, 0.717) is 35.7 Å². The van der Waals surface area contributed by atoms with Crippen molar-refractivity contribution in [3.8, 4) is 0 Å². The largest absolute Gasteiger partial charge is 0.462 e. The van der Waals surface area contributed by atoms with Gasteiger partial charge in [-0.3, -0.25) is 9.69 Å². The van der Waals surface area contributed by atoms with Gasteiger partial charge < -0.3 is 19.9 Å². The molecule has 1 saturated heterocycles. The zero-order valence-corrected chi connectivity index (χ0v) is 20.8. The fraction of sp³-hybridized carbons (Fsp3) is 0.357. The van der Waals surface area contributed by atoms with E-state index in [1.807, 2.05) is 18.2 Å². The van der Waals surface area contributed by atoms with Crippen molar-refractivity contribution in [2.75, 3.05) is 37.7 Å². The van der Waals surface area contributed by atoms with Crippen molar-refractivity contribution >= 4 is 17.6 Å². The second-order valence-corrected chi connectivity index (χ2v) is 8.90. The van der Waals surface area contributed by atoms with E-state index in [1.54, 1.807) is 20.8 Å². The molecule has 7 heteroatoms. The van der Waals surface area contributed by atoms with Crippen LogP contribution in [-0.4, -0.2) is 54.5 Å². The van der Waals surface area contributed by atoms with Crippen molar-refractivity contribution in [2.45, 2.75) is 33.9 Å². The van der Waals surface area contributed by atoms with E-state index in [0.717, 1.165) is 38.3 Å². The first kappa shape index (κ1) is 24.5. The SMILES string of the molecule is CCOC(=O)c1c(C)[nH]c(C(=O)NCc2ccccc2CN2CCN(c3ccccc3)CC2)c1C. The topological polar surface area (TPSA) is 77.7 Å². The number of carbonyl (C=O) groups is 2. The Hall–Kier alpha value is -3.58. The minimum atomic E-state index is -0.407. The smallest absolute Gasteiger partial charge is 0.340 e. The molecule has 1 fully saturated rings. The molecule has 2 N–H and O–H groups in total. The zero-order valence-electron chi connectivity index (χ0n) is 20.8. The van der Waals surface area contributed by atoms with Crippen LogP contribution in [0.4, 0.5) is 5.69 Å². The van der Waals surface area contributed by atoms with Crippen molar-refractivity contribution in [2.24, 2.45) is 0 Å². The number of piperazine rings is 1. The van der Waals surface area contributed by atoms with Crippen LogP contribution in [0.25, 0.3) is 0 Å². The molecule has 1 amide bonds. The maximum atomic E-state index is 12.9. The van der Waals surface area contributed by atoms with Crippen LogP contribution in [0.1, 0.15) is 50.2 Å². The normalized spacial score (nSPS) is 14.1. The average molecular weight is 475 g/mol. The number of aryl methyl sites for hydroxylation is 1. The molecule has 184 valence electrons. The fourth-order valence-corrected chi connectivity index (χ4v) is 4.68. The van der Waals surface area contributed by atoms with Crippen molar-refractivity contribution in [3.05, 3.63) is 88.2 Å². The number of rotatable bonds is 8. The molecule has 0 radical (unpaired) electrons. The Bertz CT molecular complexity index is 1160. The molecule has 2 aromatic carbocycles. The van der Waals surface area contributed by atoms with Crippen LogP contribution < -0.4 is 10.2 Å². The minimum absolute atomic E-state index is 0.229. The number of nitrogens with one attached hydrogen (secondary N) is 2. The maximum Gasteiger partial charge on any atom is 0.340 e. The standard InChI is InChI=1S/C28H34N4O3/c1-4-35-28(34)25-20(2)26(30-21(25)3)27(33)29-18-22-10-8-9-11-23(22)19-31-14-16-32(17-15-31)24-12-6-5-7-13-24/h5-13,30H,4,14-19H2,1-3H3,(H,29,33). The van der Waals surface area contributed by atoms with Crippen LogP contribution in [0, 0.1) is 13.8 Å². The number of aromatic nitrogens is 1. The number of anilines is 1. The number of amides is 1. The molecule has 3 aromatic rings. The Balaban J connectivity index is 1.37. The van der Waals surface area contributed by atoms with Crippen LogP contribution in [0.3, 0.4) is 0 Å². The van der Waals surface area contributed by atoms with Crippen LogP contribution >= 0.6 is 0 Å². The number of nitrogens with zero attached hydrogens (tertiary/aromatic N) is 2. The highest BCUT2D eigenvalue weighted by Gasteiger charge is 2.23. The molecule has 1 aromatic heterocycles. The average Bonchev–Trinajstić information content (AvgIpc) is 3.18. The predicted molar refractivity (Wildman–Crippen MR) is 138 cm³/mol. The summed E-state index contributed by atoms with van der Waals surface area (Å²) < 4.78 is 5.13. The summed E-state index contributed by atoms with van der Waals surface area (Å²) in [5, 5.41) is 3.02. The second-order valence-electron chi connectivity index (χ2n) is 8.90. The molecule has 0 aliphatic carbocycles. The van der Waals surface area contributed by atoms with Crippen molar-refractivity contribution in [1.82, 2.24) is 15.2 Å². The van der Waals surface area contributed by atoms with Gasteiger partial charge in [-0.1, -0.05) is 42.5 Å². The Morgan fingerprint density at radius 1 is 0.943 bits per heavy atom. The number of hydrogen-bond acceptors (Lipinski definition) is 5. The lowest BCUT2D eigenvalue weighted by molar-refractivity contribution is 0.0525. The number of ether oxygens (including phenoxy) is 1. The zero-order chi connectivity index (χ0) is 24.8. The van der Waals surface area contributed by atoms with Gasteiger partial charge in [-0.2, -0.15) is 0 Å². The van der Waals surface area contributed by atoms with E-state index in [2.05, 4.69) is 56.5 Å². The Kier molecular flexibility index (Phi) is 7.87. The van der Waals surface area contributed by atoms with E-state index in [-0.39, 0.29) is 5.91 Å². The van der Waals surface area contributed by atoms with E-state index in [4.69, 9.17) is 4.74 Å². The summed E-state index contributed by atoms with van der Waals surface area (Å²) in [5.41, 5.74) is 5.68. The Morgan fingerprint density at radius 2 is 1.60 bits per heavy atom. The molecule has 35 heavy (non-hydrogen) atoms. The molecular weight excluding hydrogens is 440 g/mol. The molecule has 4 rings (SSSR count). The van der Waals surface area contributed by atoms with E-state index in [9.17, 15) is 9.59 Å². The number of aromatic amines is 1. The molecule has 7 nitrogen and oxygen atoms in total. The highest BCUT2D eigenvalue weighted by Crippen LogP contribution is 2.20. The number of para-hydroxylation sites is 1. The van der Waals surface area contributed by atoms with Gasteiger partial charge in [0.05, 0.1) is 12.2 Å². The third kappa shape index (κ3) is 5.74. The molecule has 2 heterocycles. The second kappa shape index (κ2) is 11.2. The summed E-state index contributed by atoms with van der Waals surface area (Å²) in [6, 6.07) is 18.8. The van der Waals surface area contributed by atoms with Gasteiger partial charge in [-0.15, -0.1) is 0 Å². The Morgan fingerprint density at radius 3 is 2.29 bits per heavy atom. The van der Waals surface area contributed by atoms with Gasteiger partial charge in [0.15, 0.2) is 0 Å². The van der Waals surface area contributed by atoms with Crippen molar-refractivity contribution in [1.29, 1.82) is 0 Å². The van der Waals surface area contributed by atoms with E-state index >= 15 is 0 Å². The number of carbonyl (C=O) groups excluding carboxylic acids is 2. The first-order valence-corrected chi connectivity index (χ1v) is 12.2. The van der Waals surface area contributed by atoms with Crippen LogP contribution in [-0.2, 0) is 17.8 Å². The summed E-state index contributed by atoms with van der Waals surface area (Å²) in [7, 11) is 0. The van der Waals surface area contributed by atoms with Crippen LogP contribution in [0.5, 0.6) is 0 Å². The molecule has 0 spiro atoms. The fourth-order valence-electron chi connectivity index (χ4n) is 4.68. The summed E-state index contributed by atoms with van der Waals surface area (Å²) in [6.07, 6.45) is 0. The number of benzene rings is 2. The first-order valence-electron chi connectivity index (χ1n) is 12.2. The molecular formula is C28H34N4O3. The summed E-state index contributed by atoms with van der Waals surface area (Å²) >= 11 is 0. The van der Waals surface area contributed by atoms with Crippen molar-refractivity contribution in [3.63, 3.8) is 0 Å². The van der Waals surface area contributed by atoms with Crippen LogP contribution in [0.15, 0.2) is 54.6 Å². The van der Waals surface area contributed by atoms with E-state index in [1.165, 1.54) is 11.3 Å². The van der Waals surface area contributed by atoms with Gasteiger partial charge in [0.25, 0.3) is 5.91 Å². The highest BCUT2D eigenvalue weighted by atomic mass is 16.5. The molecule has 0 unspecified atom stereocenters. The molecule has 1 aliphatic heterocycles. The Labute approximate surface area is 207 Å². The van der Waals surface area contributed by atoms with Gasteiger partial charge in [-0.05, 0) is 49.6 Å². The molecule has 0 atom stereocenters. The monoisotopic (exact) mass is 474 g/mol. The van der Waals surface area contributed by atoms with Gasteiger partial charge in [0.1, 0.15) is 5.69 Å². The third-order valence-electron chi connectivity index (χ3n) is 6.59. The summed E-state index contributed by atoms with van der Waals surface area (Å²) in [5.74, 6) is -0.636. The van der Waals surface area contributed by atoms with Gasteiger partial charge in [0.2, 0.25) is 0 Å². The molecule has 0 bridgehead atoms. The lowest BCUT2D eigenvalue weighted by Gasteiger charge is -2.36. The maximum absolute atomic E-state index is 12.9. The molecule has 0 saturated carbocycles. The molecule has 1 aliphatic rings. The number of esters is 1. The predicted octanol–water partition coefficient (Wildman–Crippen LogP) is 4.06. The summed E-state index contributed by atoms with van der Waals surface area (Å²) in [6.45, 7) is 10.9. The first-order chi connectivity index (χ1) is 17.0. The van der Waals surface area contributed by atoms with Gasteiger partial charge in [0, 0.05) is 50.6 Å². The third-order valence-corrected chi connectivity index (χ3v) is 6.59. The lowest BCUT2D eigenvalue weighted by atomic mass is 10.1. The van der Waals surface area contributed by atoms with Crippen LogP contribution in [0.2, 0.25) is 0 Å². The van der Waals surface area contributed by atoms with Crippen molar-refractivity contribution < 1.29 is 14.3 Å². The quantitative estimate of drug-likeness (QED) is 0.482. The van der Waals surface area contributed by atoms with Gasteiger partial charge in [-0.25, -0.2) is 4.79 Å².